The third-order valence-corrected chi connectivity index (χ3v) is 5.00. The van der Waals surface area contributed by atoms with Gasteiger partial charge in [0.05, 0.1) is 22.5 Å². The van der Waals surface area contributed by atoms with Crippen molar-refractivity contribution in [2.75, 3.05) is 0 Å². The third-order valence-electron chi connectivity index (χ3n) is 3.05. The van der Waals surface area contributed by atoms with Gasteiger partial charge in [-0.05, 0) is 30.5 Å². The molecule has 0 aliphatic carbocycles. The number of nitrogens with zero attached hydrogens (tertiary/aromatic N) is 1. The molecule has 3 heterocycles. The summed E-state index contributed by atoms with van der Waals surface area (Å²) in [5, 5.41) is 8.25. The summed E-state index contributed by atoms with van der Waals surface area (Å²) in [6.07, 6.45) is 1.39. The fraction of sp³-hybridized carbons (Fsp3) is 0.133. The molecule has 0 radical (unpaired) electrons. The maximum atomic E-state index is 12.2. The number of amides is 1. The van der Waals surface area contributed by atoms with Crippen LogP contribution in [0.4, 0.5) is 0 Å². The first-order valence-electron chi connectivity index (χ1n) is 6.51. The standard InChI is InChI=1S/C15H12N2O3S2/c1-9-11(8-17-20-9)15(19)16-7-10-4-5-13(22-10)14(18)12-3-2-6-21-12/h2-6,8H,7H2,1H3,(H,16,19). The molecule has 3 rings (SSSR count). The first kappa shape index (κ1) is 14.7. The van der Waals surface area contributed by atoms with E-state index in [4.69, 9.17) is 4.52 Å². The normalized spacial score (nSPS) is 10.6. The second-order valence-electron chi connectivity index (χ2n) is 4.55. The third kappa shape index (κ3) is 3.00. The quantitative estimate of drug-likeness (QED) is 0.728. The average Bonchev–Trinajstić information content (AvgIpc) is 3.25. The molecule has 0 spiro atoms. The van der Waals surface area contributed by atoms with Crippen molar-refractivity contribution in [3.63, 3.8) is 0 Å². The minimum absolute atomic E-state index is 0.0208. The summed E-state index contributed by atoms with van der Waals surface area (Å²) >= 11 is 2.81. The van der Waals surface area contributed by atoms with Gasteiger partial charge in [0.1, 0.15) is 11.3 Å². The summed E-state index contributed by atoms with van der Waals surface area (Å²) in [4.78, 5) is 26.5. The number of nitrogens with one attached hydrogen (secondary N) is 1. The lowest BCUT2D eigenvalue weighted by Crippen LogP contribution is -2.22. The maximum Gasteiger partial charge on any atom is 0.256 e. The highest BCUT2D eigenvalue weighted by Crippen LogP contribution is 2.22. The van der Waals surface area contributed by atoms with Crippen LogP contribution < -0.4 is 5.32 Å². The van der Waals surface area contributed by atoms with Crippen molar-refractivity contribution < 1.29 is 14.1 Å². The molecule has 7 heteroatoms. The van der Waals surface area contributed by atoms with E-state index in [1.807, 2.05) is 23.6 Å². The Morgan fingerprint density at radius 1 is 1.27 bits per heavy atom. The molecule has 5 nitrogen and oxygen atoms in total. The Kier molecular flexibility index (Phi) is 4.17. The number of aromatic nitrogens is 1. The first-order chi connectivity index (χ1) is 10.6. The number of hydrogen-bond donors (Lipinski definition) is 1. The van der Waals surface area contributed by atoms with Gasteiger partial charge in [-0.25, -0.2) is 0 Å². The second-order valence-corrected chi connectivity index (χ2v) is 6.67. The summed E-state index contributed by atoms with van der Waals surface area (Å²) in [5.74, 6) is 0.267. The molecule has 3 aromatic rings. The summed E-state index contributed by atoms with van der Waals surface area (Å²) < 4.78 is 4.86. The van der Waals surface area contributed by atoms with E-state index in [1.165, 1.54) is 28.9 Å². The number of carbonyl (C=O) groups excluding carboxylic acids is 2. The largest absolute Gasteiger partial charge is 0.361 e. The van der Waals surface area contributed by atoms with Crippen LogP contribution in [0, 0.1) is 6.92 Å². The Bertz CT molecular complexity index is 802. The summed E-state index contributed by atoms with van der Waals surface area (Å²) in [5.41, 5.74) is 0.423. The molecule has 112 valence electrons. The van der Waals surface area contributed by atoms with E-state index in [1.54, 1.807) is 13.0 Å². The van der Waals surface area contributed by atoms with Gasteiger partial charge < -0.3 is 9.84 Å². The van der Waals surface area contributed by atoms with E-state index in [9.17, 15) is 9.59 Å². The molecule has 0 aliphatic rings. The van der Waals surface area contributed by atoms with Crippen molar-refractivity contribution >= 4 is 34.4 Å². The molecule has 0 aromatic carbocycles. The molecule has 3 aromatic heterocycles. The Labute approximate surface area is 134 Å². The topological polar surface area (TPSA) is 72.2 Å². The molecule has 1 N–H and O–H groups in total. The van der Waals surface area contributed by atoms with Gasteiger partial charge >= 0.3 is 0 Å². The highest BCUT2D eigenvalue weighted by Gasteiger charge is 2.15. The number of aryl methyl sites for hydroxylation is 1. The van der Waals surface area contributed by atoms with Gasteiger partial charge in [0.15, 0.2) is 0 Å². The Balaban J connectivity index is 1.64. The van der Waals surface area contributed by atoms with Crippen molar-refractivity contribution in [2.45, 2.75) is 13.5 Å². The minimum Gasteiger partial charge on any atom is -0.361 e. The molecule has 0 atom stereocenters. The van der Waals surface area contributed by atoms with Crippen LogP contribution in [0.2, 0.25) is 0 Å². The van der Waals surface area contributed by atoms with Crippen LogP contribution in [-0.2, 0) is 6.54 Å². The van der Waals surface area contributed by atoms with Crippen LogP contribution in [0.15, 0.2) is 40.4 Å². The zero-order valence-electron chi connectivity index (χ0n) is 11.7. The number of thiophene rings is 2. The summed E-state index contributed by atoms with van der Waals surface area (Å²) in [6.45, 7) is 2.05. The van der Waals surface area contributed by atoms with Gasteiger partial charge in [0.25, 0.3) is 5.91 Å². The van der Waals surface area contributed by atoms with E-state index in [0.29, 0.717) is 22.7 Å². The van der Waals surface area contributed by atoms with Crippen molar-refractivity contribution in [1.82, 2.24) is 10.5 Å². The number of ketones is 1. The predicted molar refractivity (Wildman–Crippen MR) is 84.5 cm³/mol. The second kappa shape index (κ2) is 6.25. The van der Waals surface area contributed by atoms with Crippen molar-refractivity contribution in [1.29, 1.82) is 0 Å². The van der Waals surface area contributed by atoms with Crippen molar-refractivity contribution in [2.24, 2.45) is 0 Å². The lowest BCUT2D eigenvalue weighted by molar-refractivity contribution is 0.0949. The van der Waals surface area contributed by atoms with Crippen molar-refractivity contribution in [3.8, 4) is 0 Å². The van der Waals surface area contributed by atoms with E-state index in [-0.39, 0.29) is 11.7 Å². The molecule has 0 fully saturated rings. The molecule has 0 saturated carbocycles. The zero-order valence-corrected chi connectivity index (χ0v) is 13.3. The minimum atomic E-state index is -0.238. The van der Waals surface area contributed by atoms with Gasteiger partial charge in [-0.3, -0.25) is 9.59 Å². The van der Waals surface area contributed by atoms with E-state index >= 15 is 0 Å². The molecule has 1 amide bonds. The molecular formula is C15H12N2O3S2. The number of rotatable bonds is 5. The van der Waals surface area contributed by atoms with Crippen LogP contribution >= 0.6 is 22.7 Å². The molecule has 22 heavy (non-hydrogen) atoms. The van der Waals surface area contributed by atoms with Crippen LogP contribution in [0.5, 0.6) is 0 Å². The zero-order chi connectivity index (χ0) is 15.5. The van der Waals surface area contributed by atoms with E-state index in [0.717, 1.165) is 9.75 Å². The molecule has 0 aliphatic heterocycles. The van der Waals surface area contributed by atoms with Crippen LogP contribution in [0.25, 0.3) is 0 Å². The van der Waals surface area contributed by atoms with Gasteiger partial charge in [-0.2, -0.15) is 0 Å². The van der Waals surface area contributed by atoms with Crippen LogP contribution in [0.3, 0.4) is 0 Å². The average molecular weight is 332 g/mol. The van der Waals surface area contributed by atoms with E-state index in [2.05, 4.69) is 10.5 Å². The first-order valence-corrected chi connectivity index (χ1v) is 8.21. The molecule has 0 saturated heterocycles. The maximum absolute atomic E-state index is 12.2. The Morgan fingerprint density at radius 2 is 2.14 bits per heavy atom. The molecule has 0 unspecified atom stereocenters. The Hall–Kier alpha value is -2.25. The van der Waals surface area contributed by atoms with E-state index < -0.39 is 0 Å². The smallest absolute Gasteiger partial charge is 0.256 e. The fourth-order valence-corrected chi connectivity index (χ4v) is 3.55. The molecular weight excluding hydrogens is 320 g/mol. The monoisotopic (exact) mass is 332 g/mol. The van der Waals surface area contributed by atoms with Crippen molar-refractivity contribution in [3.05, 3.63) is 61.8 Å². The van der Waals surface area contributed by atoms with Gasteiger partial charge in [0, 0.05) is 4.88 Å². The fourth-order valence-electron chi connectivity index (χ4n) is 1.90. The predicted octanol–water partition coefficient (Wildman–Crippen LogP) is 3.27. The molecule has 0 bridgehead atoms. The summed E-state index contributed by atoms with van der Waals surface area (Å²) in [7, 11) is 0. The highest BCUT2D eigenvalue weighted by atomic mass is 32.1. The Morgan fingerprint density at radius 3 is 2.82 bits per heavy atom. The SMILES string of the molecule is Cc1oncc1C(=O)NCc1ccc(C(=O)c2cccs2)s1. The van der Waals surface area contributed by atoms with Gasteiger partial charge in [0.2, 0.25) is 5.78 Å². The lowest BCUT2D eigenvalue weighted by Gasteiger charge is -2.01. The van der Waals surface area contributed by atoms with Gasteiger partial charge in [-0.1, -0.05) is 11.2 Å². The number of carbonyl (C=O) groups is 2. The lowest BCUT2D eigenvalue weighted by atomic mass is 10.2. The van der Waals surface area contributed by atoms with Gasteiger partial charge in [-0.15, -0.1) is 22.7 Å². The number of hydrogen-bond acceptors (Lipinski definition) is 6. The van der Waals surface area contributed by atoms with Crippen LogP contribution in [0.1, 0.15) is 35.5 Å². The highest BCUT2D eigenvalue weighted by molar-refractivity contribution is 7.16. The summed E-state index contributed by atoms with van der Waals surface area (Å²) in [6, 6.07) is 7.31. The van der Waals surface area contributed by atoms with Crippen LogP contribution in [-0.4, -0.2) is 16.8 Å².